The zero-order chi connectivity index (χ0) is 14.1. The number of piperidine rings is 1. The van der Waals surface area contributed by atoms with E-state index in [4.69, 9.17) is 0 Å². The van der Waals surface area contributed by atoms with Crippen LogP contribution in [0.15, 0.2) is 0 Å². The molecule has 3 nitrogen and oxygen atoms in total. The second-order valence-electron chi connectivity index (χ2n) is 6.03. The van der Waals surface area contributed by atoms with Crippen LogP contribution >= 0.6 is 0 Å². The molecule has 0 spiro atoms. The molecule has 19 heavy (non-hydrogen) atoms. The Kier molecular flexibility index (Phi) is 4.08. The third-order valence-electron chi connectivity index (χ3n) is 4.33. The number of halogens is 3. The Labute approximate surface area is 111 Å². The molecule has 1 aliphatic carbocycles. The van der Waals surface area contributed by atoms with Crippen molar-refractivity contribution in [3.8, 4) is 0 Å². The fourth-order valence-electron chi connectivity index (χ4n) is 3.02. The van der Waals surface area contributed by atoms with Gasteiger partial charge in [-0.05, 0) is 32.6 Å². The van der Waals surface area contributed by atoms with E-state index in [0.29, 0.717) is 0 Å². The van der Waals surface area contributed by atoms with Gasteiger partial charge in [-0.3, -0.25) is 4.79 Å². The molecule has 0 aromatic carbocycles. The van der Waals surface area contributed by atoms with Gasteiger partial charge in [0.25, 0.3) is 0 Å². The van der Waals surface area contributed by atoms with Crippen LogP contribution in [0.1, 0.15) is 45.4 Å². The van der Waals surface area contributed by atoms with Gasteiger partial charge < -0.3 is 10.6 Å². The number of rotatable bonds is 2. The van der Waals surface area contributed by atoms with Crippen LogP contribution in [0.2, 0.25) is 0 Å². The molecule has 6 heteroatoms. The van der Waals surface area contributed by atoms with E-state index in [1.54, 1.807) is 0 Å². The Morgan fingerprint density at radius 3 is 2.37 bits per heavy atom. The van der Waals surface area contributed by atoms with Gasteiger partial charge in [-0.2, -0.15) is 13.2 Å². The summed E-state index contributed by atoms with van der Waals surface area (Å²) in [6, 6.07) is -0.476. The molecule has 2 rings (SSSR count). The molecule has 1 amide bonds. The van der Waals surface area contributed by atoms with Crippen molar-refractivity contribution in [2.24, 2.45) is 5.92 Å². The molecule has 1 aliphatic heterocycles. The highest BCUT2D eigenvalue weighted by atomic mass is 19.4. The van der Waals surface area contributed by atoms with Gasteiger partial charge in [0, 0.05) is 12.1 Å². The summed E-state index contributed by atoms with van der Waals surface area (Å²) in [5.41, 5.74) is -0.167. The smallest absolute Gasteiger partial charge is 0.350 e. The number of carbonyl (C=O) groups excluding carboxylic acids is 1. The Balaban J connectivity index is 1.82. The lowest BCUT2D eigenvalue weighted by Crippen LogP contribution is -2.55. The van der Waals surface area contributed by atoms with E-state index in [1.807, 2.05) is 6.92 Å². The third kappa shape index (κ3) is 3.61. The minimum absolute atomic E-state index is 0.0330. The highest BCUT2D eigenvalue weighted by molar-refractivity contribution is 5.82. The van der Waals surface area contributed by atoms with Crippen LogP contribution in [0, 0.1) is 5.92 Å². The van der Waals surface area contributed by atoms with Gasteiger partial charge >= 0.3 is 6.18 Å². The number of hydrogen-bond donors (Lipinski definition) is 2. The molecule has 0 aromatic rings. The molecule has 1 saturated carbocycles. The summed E-state index contributed by atoms with van der Waals surface area (Å²) in [7, 11) is 0. The van der Waals surface area contributed by atoms with Crippen LogP contribution in [0.4, 0.5) is 13.2 Å². The van der Waals surface area contributed by atoms with Crippen molar-refractivity contribution < 1.29 is 18.0 Å². The van der Waals surface area contributed by atoms with Gasteiger partial charge in [-0.1, -0.05) is 12.8 Å². The van der Waals surface area contributed by atoms with Crippen molar-refractivity contribution in [3.05, 3.63) is 0 Å². The van der Waals surface area contributed by atoms with Crippen LogP contribution in [-0.4, -0.2) is 30.2 Å². The maximum absolute atomic E-state index is 12.5. The molecule has 2 N–H and O–H groups in total. The first kappa shape index (κ1) is 14.6. The molecule has 2 aliphatic rings. The van der Waals surface area contributed by atoms with Crippen LogP contribution in [-0.2, 0) is 4.79 Å². The van der Waals surface area contributed by atoms with Crippen LogP contribution in [0.25, 0.3) is 0 Å². The molecular weight excluding hydrogens is 257 g/mol. The summed E-state index contributed by atoms with van der Waals surface area (Å²) in [6.07, 6.45) is 0.243. The van der Waals surface area contributed by atoms with Gasteiger partial charge in [-0.15, -0.1) is 0 Å². The van der Waals surface area contributed by atoms with Crippen LogP contribution in [0.5, 0.6) is 0 Å². The monoisotopic (exact) mass is 278 g/mol. The SMILES string of the molecule is CC1(NC(=O)C2CCC(C(F)(F)F)CN2)CCCC1. The number of amides is 1. The van der Waals surface area contributed by atoms with Gasteiger partial charge in [-0.25, -0.2) is 0 Å². The zero-order valence-corrected chi connectivity index (χ0v) is 11.1. The van der Waals surface area contributed by atoms with Gasteiger partial charge in [0.1, 0.15) is 0 Å². The number of nitrogens with one attached hydrogen (secondary N) is 2. The summed E-state index contributed by atoms with van der Waals surface area (Å²) in [5, 5.41) is 5.73. The van der Waals surface area contributed by atoms with E-state index >= 15 is 0 Å². The largest absolute Gasteiger partial charge is 0.393 e. The van der Waals surface area contributed by atoms with Gasteiger partial charge in [0.15, 0.2) is 0 Å². The summed E-state index contributed by atoms with van der Waals surface area (Å²) < 4.78 is 37.6. The van der Waals surface area contributed by atoms with Crippen molar-refractivity contribution in [3.63, 3.8) is 0 Å². The maximum Gasteiger partial charge on any atom is 0.393 e. The number of hydrogen-bond acceptors (Lipinski definition) is 2. The molecular formula is C13H21F3N2O. The van der Waals surface area contributed by atoms with Crippen LogP contribution in [0.3, 0.4) is 0 Å². The average Bonchev–Trinajstić information content (AvgIpc) is 2.75. The lowest BCUT2D eigenvalue weighted by atomic mass is 9.92. The van der Waals surface area contributed by atoms with Gasteiger partial charge in [0.2, 0.25) is 5.91 Å². The standard InChI is InChI=1S/C13H21F3N2O/c1-12(6-2-3-7-12)18-11(19)10-5-4-9(8-17-10)13(14,15)16/h9-10,17H,2-8H2,1H3,(H,18,19). The predicted octanol–water partition coefficient (Wildman–Crippen LogP) is 2.37. The topological polar surface area (TPSA) is 41.1 Å². The first-order chi connectivity index (χ1) is 8.80. The first-order valence-corrected chi connectivity index (χ1v) is 6.92. The summed E-state index contributed by atoms with van der Waals surface area (Å²) >= 11 is 0. The van der Waals surface area contributed by atoms with E-state index in [2.05, 4.69) is 10.6 Å². The summed E-state index contributed by atoms with van der Waals surface area (Å²) in [4.78, 5) is 12.1. The fourth-order valence-corrected chi connectivity index (χ4v) is 3.02. The lowest BCUT2D eigenvalue weighted by Gasteiger charge is -2.33. The molecule has 110 valence electrons. The molecule has 0 radical (unpaired) electrons. The minimum Gasteiger partial charge on any atom is -0.350 e. The zero-order valence-electron chi connectivity index (χ0n) is 11.1. The lowest BCUT2D eigenvalue weighted by molar-refractivity contribution is -0.180. The second-order valence-corrected chi connectivity index (χ2v) is 6.03. The average molecular weight is 278 g/mol. The van der Waals surface area contributed by atoms with Crippen molar-refractivity contribution in [1.29, 1.82) is 0 Å². The molecule has 2 atom stereocenters. The van der Waals surface area contributed by atoms with Crippen LogP contribution < -0.4 is 10.6 Å². The normalized spacial score (nSPS) is 31.2. The Morgan fingerprint density at radius 1 is 1.26 bits per heavy atom. The number of carbonyl (C=O) groups is 1. The molecule has 2 fully saturated rings. The molecule has 2 unspecified atom stereocenters. The quantitative estimate of drug-likeness (QED) is 0.814. The molecule has 0 aromatic heterocycles. The van der Waals surface area contributed by atoms with Crippen molar-refractivity contribution >= 4 is 5.91 Å². The maximum atomic E-state index is 12.5. The van der Waals surface area contributed by atoms with E-state index in [0.717, 1.165) is 25.7 Å². The van der Waals surface area contributed by atoms with E-state index < -0.39 is 18.1 Å². The van der Waals surface area contributed by atoms with Crippen molar-refractivity contribution in [1.82, 2.24) is 10.6 Å². The van der Waals surface area contributed by atoms with Crippen molar-refractivity contribution in [2.45, 2.75) is 63.2 Å². The number of alkyl halides is 3. The minimum atomic E-state index is -4.16. The van der Waals surface area contributed by atoms with Gasteiger partial charge in [0.05, 0.1) is 12.0 Å². The fraction of sp³-hybridized carbons (Fsp3) is 0.923. The molecule has 1 heterocycles. The highest BCUT2D eigenvalue weighted by Gasteiger charge is 2.43. The Morgan fingerprint density at radius 2 is 1.89 bits per heavy atom. The first-order valence-electron chi connectivity index (χ1n) is 6.92. The van der Waals surface area contributed by atoms with E-state index in [-0.39, 0.29) is 30.8 Å². The second kappa shape index (κ2) is 5.31. The third-order valence-corrected chi connectivity index (χ3v) is 4.33. The molecule has 1 saturated heterocycles. The Bertz CT molecular complexity index is 329. The summed E-state index contributed by atoms with van der Waals surface area (Å²) in [6.45, 7) is 1.86. The Hall–Kier alpha value is -0.780. The van der Waals surface area contributed by atoms with Crippen molar-refractivity contribution in [2.75, 3.05) is 6.54 Å². The predicted molar refractivity (Wildman–Crippen MR) is 65.6 cm³/mol. The molecule has 0 bridgehead atoms. The van der Waals surface area contributed by atoms with E-state index in [9.17, 15) is 18.0 Å². The summed E-state index contributed by atoms with van der Waals surface area (Å²) in [5.74, 6) is -1.47. The highest BCUT2D eigenvalue weighted by Crippen LogP contribution is 2.33. The van der Waals surface area contributed by atoms with E-state index in [1.165, 1.54) is 0 Å².